The van der Waals surface area contributed by atoms with Crippen LogP contribution in [0.3, 0.4) is 0 Å². The minimum absolute atomic E-state index is 1.15. The summed E-state index contributed by atoms with van der Waals surface area (Å²) in [5, 5.41) is 7.51. The van der Waals surface area contributed by atoms with Gasteiger partial charge in [0.05, 0.1) is 44.5 Å². The van der Waals surface area contributed by atoms with E-state index in [1.807, 2.05) is 0 Å². The second kappa shape index (κ2) is 12.5. The summed E-state index contributed by atoms with van der Waals surface area (Å²) >= 11 is 0. The molecule has 0 aliphatic carbocycles. The lowest BCUT2D eigenvalue weighted by molar-refractivity contribution is 1.16. The third-order valence-electron chi connectivity index (χ3n) is 11.9. The molecule has 3 heterocycles. The van der Waals surface area contributed by atoms with Gasteiger partial charge in [-0.3, -0.25) is 0 Å². The van der Waals surface area contributed by atoms with Crippen molar-refractivity contribution in [3.63, 3.8) is 0 Å². The van der Waals surface area contributed by atoms with Crippen LogP contribution in [0.1, 0.15) is 0 Å². The molecular weight excluding hydrogens is 691 g/mol. The van der Waals surface area contributed by atoms with Crippen LogP contribution in [-0.4, -0.2) is 13.7 Å². The zero-order valence-corrected chi connectivity index (χ0v) is 31.0. The highest BCUT2D eigenvalue weighted by molar-refractivity contribution is 6.13. The maximum atomic E-state index is 2.46. The molecule has 0 spiro atoms. The fourth-order valence-corrected chi connectivity index (χ4v) is 9.39. The number of nitrogens with zero attached hydrogens (tertiary/aromatic N) is 3. The third kappa shape index (κ3) is 4.73. The van der Waals surface area contributed by atoms with Gasteiger partial charge in [-0.2, -0.15) is 0 Å². The summed E-state index contributed by atoms with van der Waals surface area (Å²) in [6.45, 7) is 0. The standard InChI is InChI=1S/C54H35N3/c1-2-16-38(17-3-1)55-47-24-10-8-22-43(47)45-34-36(30-32-53(45)55)37-31-33-54-46(35-37)44-23-9-15-29-52(44)57(54)51-28-14-7-21-42(51)41-20-6-13-27-50(41)56-48-25-11-4-18-39(48)40-19-5-12-26-49(40)56/h1-35H. The van der Waals surface area contributed by atoms with Crippen LogP contribution < -0.4 is 0 Å². The molecule has 12 rings (SSSR count). The summed E-state index contributed by atoms with van der Waals surface area (Å²) in [4.78, 5) is 0. The lowest BCUT2D eigenvalue weighted by Gasteiger charge is -2.18. The van der Waals surface area contributed by atoms with E-state index in [0.29, 0.717) is 0 Å². The van der Waals surface area contributed by atoms with E-state index in [2.05, 4.69) is 226 Å². The number of hydrogen-bond acceptors (Lipinski definition) is 0. The van der Waals surface area contributed by atoms with E-state index >= 15 is 0 Å². The van der Waals surface area contributed by atoms with Crippen molar-refractivity contribution in [2.45, 2.75) is 0 Å². The predicted molar refractivity (Wildman–Crippen MR) is 240 cm³/mol. The SMILES string of the molecule is c1ccc(-n2c3ccccc3c3cc(-c4ccc5c(c4)c4ccccc4n5-c4ccccc4-c4ccccc4-n4c5ccccc5c5ccccc54)ccc32)cc1. The Morgan fingerprint density at radius 1 is 0.228 bits per heavy atom. The second-order valence-electron chi connectivity index (χ2n) is 14.9. The Hall–Kier alpha value is -7.62. The van der Waals surface area contributed by atoms with Crippen molar-refractivity contribution in [3.05, 3.63) is 212 Å². The Balaban J connectivity index is 1.05. The van der Waals surface area contributed by atoms with E-state index in [-0.39, 0.29) is 0 Å². The van der Waals surface area contributed by atoms with E-state index < -0.39 is 0 Å². The van der Waals surface area contributed by atoms with Gasteiger partial charge in [0.1, 0.15) is 0 Å². The van der Waals surface area contributed by atoms with Crippen molar-refractivity contribution in [2.75, 3.05) is 0 Å². The van der Waals surface area contributed by atoms with Crippen molar-refractivity contribution in [2.24, 2.45) is 0 Å². The summed E-state index contributed by atoms with van der Waals surface area (Å²) < 4.78 is 7.27. The summed E-state index contributed by atoms with van der Waals surface area (Å²) in [5.41, 5.74) is 15.5. The molecule has 12 aromatic rings. The quantitative estimate of drug-likeness (QED) is 0.168. The first kappa shape index (κ1) is 31.7. The minimum Gasteiger partial charge on any atom is -0.309 e. The van der Waals surface area contributed by atoms with Gasteiger partial charge < -0.3 is 13.7 Å². The van der Waals surface area contributed by atoms with Crippen LogP contribution in [0.5, 0.6) is 0 Å². The van der Waals surface area contributed by atoms with E-state index in [9.17, 15) is 0 Å². The Morgan fingerprint density at radius 3 is 1.04 bits per heavy atom. The van der Waals surface area contributed by atoms with Crippen LogP contribution in [0.2, 0.25) is 0 Å². The normalized spacial score (nSPS) is 11.9. The number of hydrogen-bond donors (Lipinski definition) is 0. The molecule has 0 aliphatic heterocycles. The van der Waals surface area contributed by atoms with Crippen LogP contribution >= 0.6 is 0 Å². The van der Waals surface area contributed by atoms with E-state index in [1.165, 1.54) is 93.4 Å². The zero-order chi connectivity index (χ0) is 37.5. The van der Waals surface area contributed by atoms with Crippen LogP contribution in [0.15, 0.2) is 212 Å². The van der Waals surface area contributed by atoms with Gasteiger partial charge in [0, 0.05) is 49.1 Å². The predicted octanol–water partition coefficient (Wildman–Crippen LogP) is 14.3. The van der Waals surface area contributed by atoms with Crippen molar-refractivity contribution in [1.29, 1.82) is 0 Å². The maximum Gasteiger partial charge on any atom is 0.0541 e. The van der Waals surface area contributed by atoms with Gasteiger partial charge in [0.25, 0.3) is 0 Å². The van der Waals surface area contributed by atoms with E-state index in [1.54, 1.807) is 0 Å². The molecule has 0 bridgehead atoms. The molecule has 0 saturated carbocycles. The fraction of sp³-hybridized carbons (Fsp3) is 0. The number of fused-ring (bicyclic) bond motifs is 9. The number of benzene rings is 9. The number of para-hydroxylation sites is 7. The second-order valence-corrected chi connectivity index (χ2v) is 14.9. The minimum atomic E-state index is 1.15. The highest BCUT2D eigenvalue weighted by atomic mass is 15.0. The van der Waals surface area contributed by atoms with E-state index in [4.69, 9.17) is 0 Å². The van der Waals surface area contributed by atoms with Gasteiger partial charge in [-0.05, 0) is 83.9 Å². The summed E-state index contributed by atoms with van der Waals surface area (Å²) in [7, 11) is 0. The lowest BCUT2D eigenvalue weighted by Crippen LogP contribution is -2.01. The lowest BCUT2D eigenvalue weighted by atomic mass is 10.00. The number of rotatable bonds is 5. The molecule has 0 aliphatic rings. The molecule has 3 heteroatoms. The highest BCUT2D eigenvalue weighted by Crippen LogP contribution is 2.42. The molecule has 3 nitrogen and oxygen atoms in total. The molecule has 0 amide bonds. The molecule has 266 valence electrons. The van der Waals surface area contributed by atoms with Crippen molar-refractivity contribution in [3.8, 4) is 39.3 Å². The molecule has 9 aromatic carbocycles. The summed E-state index contributed by atoms with van der Waals surface area (Å²) in [5.74, 6) is 0. The van der Waals surface area contributed by atoms with E-state index in [0.717, 1.165) is 11.4 Å². The summed E-state index contributed by atoms with van der Waals surface area (Å²) in [6, 6.07) is 77.4. The van der Waals surface area contributed by atoms with Gasteiger partial charge in [0.2, 0.25) is 0 Å². The van der Waals surface area contributed by atoms with Crippen LogP contribution in [0, 0.1) is 0 Å². The van der Waals surface area contributed by atoms with Gasteiger partial charge in [-0.15, -0.1) is 0 Å². The average Bonchev–Trinajstić information content (AvgIpc) is 3.92. The van der Waals surface area contributed by atoms with Crippen LogP contribution in [0.4, 0.5) is 0 Å². The number of aromatic nitrogens is 3. The molecule has 0 saturated heterocycles. The monoisotopic (exact) mass is 725 g/mol. The van der Waals surface area contributed by atoms with Crippen molar-refractivity contribution in [1.82, 2.24) is 13.7 Å². The smallest absolute Gasteiger partial charge is 0.0541 e. The molecule has 0 N–H and O–H groups in total. The van der Waals surface area contributed by atoms with Gasteiger partial charge in [0.15, 0.2) is 0 Å². The Bertz CT molecular complexity index is 3470. The van der Waals surface area contributed by atoms with Crippen LogP contribution in [0.25, 0.3) is 105 Å². The summed E-state index contributed by atoms with van der Waals surface area (Å²) in [6.07, 6.45) is 0. The molecular formula is C54H35N3. The van der Waals surface area contributed by atoms with Gasteiger partial charge in [-0.1, -0.05) is 140 Å². The first-order valence-electron chi connectivity index (χ1n) is 19.6. The topological polar surface area (TPSA) is 14.8 Å². The largest absolute Gasteiger partial charge is 0.309 e. The molecule has 0 radical (unpaired) electrons. The first-order valence-corrected chi connectivity index (χ1v) is 19.6. The Kier molecular flexibility index (Phi) is 6.93. The fourth-order valence-electron chi connectivity index (χ4n) is 9.39. The molecule has 0 fully saturated rings. The third-order valence-corrected chi connectivity index (χ3v) is 11.9. The van der Waals surface area contributed by atoms with Gasteiger partial charge in [-0.25, -0.2) is 0 Å². The van der Waals surface area contributed by atoms with Crippen molar-refractivity contribution >= 4 is 65.4 Å². The molecule has 0 atom stereocenters. The van der Waals surface area contributed by atoms with Crippen molar-refractivity contribution < 1.29 is 0 Å². The Morgan fingerprint density at radius 2 is 0.561 bits per heavy atom. The van der Waals surface area contributed by atoms with Gasteiger partial charge >= 0.3 is 0 Å². The molecule has 57 heavy (non-hydrogen) atoms. The molecule has 3 aromatic heterocycles. The Labute approximate surface area is 329 Å². The average molecular weight is 726 g/mol. The zero-order valence-electron chi connectivity index (χ0n) is 31.0. The van der Waals surface area contributed by atoms with Crippen LogP contribution in [-0.2, 0) is 0 Å². The maximum absolute atomic E-state index is 2.46. The first-order chi connectivity index (χ1) is 28.3. The highest BCUT2D eigenvalue weighted by Gasteiger charge is 2.20. The molecule has 0 unspecified atom stereocenters.